The zero-order chi connectivity index (χ0) is 17.5. The molecular weight excluding hydrogens is 302 g/mol. The van der Waals surface area contributed by atoms with E-state index < -0.39 is 6.04 Å². The van der Waals surface area contributed by atoms with Crippen LogP contribution in [0, 0.1) is 12.8 Å². The van der Waals surface area contributed by atoms with Crippen LogP contribution in [0.25, 0.3) is 0 Å². The third-order valence-corrected chi connectivity index (χ3v) is 4.48. The van der Waals surface area contributed by atoms with Crippen LogP contribution in [0.1, 0.15) is 37.4 Å². The van der Waals surface area contributed by atoms with Crippen molar-refractivity contribution in [1.29, 1.82) is 0 Å². The summed E-state index contributed by atoms with van der Waals surface area (Å²) in [7, 11) is 0. The Morgan fingerprint density at radius 1 is 1.25 bits per heavy atom. The number of nitrogens with two attached hydrogens (primary N) is 1. The Bertz CT molecular complexity index is 510. The number of hydrogen-bond donors (Lipinski definition) is 2. The van der Waals surface area contributed by atoms with Crippen LogP contribution in [0.3, 0.4) is 0 Å². The van der Waals surface area contributed by atoms with Crippen molar-refractivity contribution in [1.82, 2.24) is 10.2 Å². The highest BCUT2D eigenvalue weighted by Crippen LogP contribution is 2.22. The van der Waals surface area contributed by atoms with Gasteiger partial charge in [-0.2, -0.15) is 0 Å². The Morgan fingerprint density at radius 3 is 2.46 bits per heavy atom. The summed E-state index contributed by atoms with van der Waals surface area (Å²) < 4.78 is 5.46. The maximum atomic E-state index is 12.3. The number of amides is 1. The standard InChI is InChI=1S/C19H31N3O2/c1-14(2)12-17(20)19(23)21-13-18(22-8-10-24-11-9-22)16-6-4-15(3)5-7-16/h4-7,14,17-18H,8-13,20H2,1-3H3,(H,21,23)/t17-,18?/m0/s1. The van der Waals surface area contributed by atoms with E-state index in [1.54, 1.807) is 0 Å². The van der Waals surface area contributed by atoms with E-state index in [1.807, 2.05) is 0 Å². The average Bonchev–Trinajstić information content (AvgIpc) is 2.56. The summed E-state index contributed by atoms with van der Waals surface area (Å²) in [5, 5.41) is 3.05. The molecule has 1 saturated heterocycles. The number of morpholine rings is 1. The minimum Gasteiger partial charge on any atom is -0.379 e. The van der Waals surface area contributed by atoms with Gasteiger partial charge in [0.15, 0.2) is 0 Å². The lowest BCUT2D eigenvalue weighted by Crippen LogP contribution is -2.47. The largest absolute Gasteiger partial charge is 0.379 e. The molecule has 2 rings (SSSR count). The Hall–Kier alpha value is -1.43. The zero-order valence-electron chi connectivity index (χ0n) is 15.1. The molecule has 0 radical (unpaired) electrons. The molecule has 0 aliphatic carbocycles. The third-order valence-electron chi connectivity index (χ3n) is 4.48. The molecule has 5 nitrogen and oxygen atoms in total. The number of aryl methyl sites for hydroxylation is 1. The topological polar surface area (TPSA) is 67.6 Å². The quantitative estimate of drug-likeness (QED) is 0.799. The molecule has 24 heavy (non-hydrogen) atoms. The first-order valence-electron chi connectivity index (χ1n) is 8.89. The summed E-state index contributed by atoms with van der Waals surface area (Å²) >= 11 is 0. The van der Waals surface area contributed by atoms with E-state index in [0.717, 1.165) is 26.3 Å². The molecule has 1 aromatic rings. The van der Waals surface area contributed by atoms with Gasteiger partial charge in [-0.1, -0.05) is 43.7 Å². The Morgan fingerprint density at radius 2 is 1.88 bits per heavy atom. The smallest absolute Gasteiger partial charge is 0.236 e. The summed E-state index contributed by atoms with van der Waals surface area (Å²) in [6.07, 6.45) is 0.707. The van der Waals surface area contributed by atoms with E-state index in [1.165, 1.54) is 11.1 Å². The van der Waals surface area contributed by atoms with Gasteiger partial charge in [0.25, 0.3) is 0 Å². The van der Waals surface area contributed by atoms with Crippen molar-refractivity contribution in [3.05, 3.63) is 35.4 Å². The number of ether oxygens (including phenoxy) is 1. The lowest BCUT2D eigenvalue weighted by molar-refractivity contribution is -0.123. The van der Waals surface area contributed by atoms with Gasteiger partial charge in [0, 0.05) is 19.6 Å². The predicted octanol–water partition coefficient (Wildman–Crippen LogP) is 1.86. The summed E-state index contributed by atoms with van der Waals surface area (Å²) in [6.45, 7) is 10.1. The Labute approximate surface area is 145 Å². The second-order valence-electron chi connectivity index (χ2n) is 7.06. The van der Waals surface area contributed by atoms with Crippen LogP contribution in [0.5, 0.6) is 0 Å². The molecule has 1 amide bonds. The van der Waals surface area contributed by atoms with Crippen molar-refractivity contribution in [2.75, 3.05) is 32.8 Å². The highest BCUT2D eigenvalue weighted by molar-refractivity contribution is 5.81. The van der Waals surface area contributed by atoms with Crippen molar-refractivity contribution in [3.63, 3.8) is 0 Å². The van der Waals surface area contributed by atoms with E-state index in [4.69, 9.17) is 10.5 Å². The van der Waals surface area contributed by atoms with Crippen molar-refractivity contribution in [3.8, 4) is 0 Å². The first kappa shape index (κ1) is 18.9. The number of nitrogens with zero attached hydrogens (tertiary/aromatic N) is 1. The van der Waals surface area contributed by atoms with Crippen LogP contribution in [0.15, 0.2) is 24.3 Å². The van der Waals surface area contributed by atoms with Gasteiger partial charge >= 0.3 is 0 Å². The van der Waals surface area contributed by atoms with E-state index in [2.05, 4.69) is 55.3 Å². The first-order chi connectivity index (χ1) is 11.5. The third kappa shape index (κ3) is 5.58. The molecule has 0 spiro atoms. The SMILES string of the molecule is Cc1ccc(C(CNC(=O)[C@@H](N)CC(C)C)N2CCOCC2)cc1. The molecule has 2 atom stereocenters. The van der Waals surface area contributed by atoms with E-state index >= 15 is 0 Å². The average molecular weight is 333 g/mol. The fourth-order valence-electron chi connectivity index (χ4n) is 3.08. The van der Waals surface area contributed by atoms with Gasteiger partial charge in [-0.15, -0.1) is 0 Å². The number of hydrogen-bond acceptors (Lipinski definition) is 4. The van der Waals surface area contributed by atoms with Crippen molar-refractivity contribution in [2.45, 2.75) is 39.3 Å². The molecule has 0 bridgehead atoms. The summed E-state index contributed by atoms with van der Waals surface area (Å²) in [5.41, 5.74) is 8.46. The minimum absolute atomic E-state index is 0.0610. The fraction of sp³-hybridized carbons (Fsp3) is 0.632. The van der Waals surface area contributed by atoms with Crippen LogP contribution in [-0.4, -0.2) is 49.7 Å². The summed E-state index contributed by atoms with van der Waals surface area (Å²) in [5.74, 6) is 0.354. The number of carbonyl (C=O) groups is 1. The van der Waals surface area contributed by atoms with Crippen LogP contribution in [-0.2, 0) is 9.53 Å². The maximum absolute atomic E-state index is 12.3. The molecule has 134 valence electrons. The molecule has 0 aromatic heterocycles. The second-order valence-corrected chi connectivity index (χ2v) is 7.06. The minimum atomic E-state index is -0.437. The van der Waals surface area contributed by atoms with Crippen LogP contribution in [0.2, 0.25) is 0 Å². The molecule has 1 aliphatic heterocycles. The number of rotatable bonds is 7. The molecule has 1 aromatic carbocycles. The first-order valence-corrected chi connectivity index (χ1v) is 8.89. The number of benzene rings is 1. The summed E-state index contributed by atoms with van der Waals surface area (Å²) in [6, 6.07) is 8.26. The van der Waals surface area contributed by atoms with Gasteiger partial charge < -0.3 is 15.8 Å². The monoisotopic (exact) mass is 333 g/mol. The summed E-state index contributed by atoms with van der Waals surface area (Å²) in [4.78, 5) is 14.6. The predicted molar refractivity (Wildman–Crippen MR) is 96.8 cm³/mol. The van der Waals surface area contributed by atoms with E-state index in [9.17, 15) is 4.79 Å². The van der Waals surface area contributed by atoms with Crippen LogP contribution >= 0.6 is 0 Å². The maximum Gasteiger partial charge on any atom is 0.236 e. The van der Waals surface area contributed by atoms with Crippen LogP contribution < -0.4 is 11.1 Å². The number of nitrogens with one attached hydrogen (secondary N) is 1. The molecule has 1 fully saturated rings. The van der Waals surface area contributed by atoms with Gasteiger partial charge in [-0.3, -0.25) is 9.69 Å². The van der Waals surface area contributed by atoms with Gasteiger partial charge in [0.05, 0.1) is 25.3 Å². The second kappa shape index (κ2) is 9.16. The van der Waals surface area contributed by atoms with Gasteiger partial charge in [0.1, 0.15) is 0 Å². The van der Waals surface area contributed by atoms with E-state index in [0.29, 0.717) is 18.9 Å². The van der Waals surface area contributed by atoms with Crippen molar-refractivity contribution in [2.24, 2.45) is 11.7 Å². The van der Waals surface area contributed by atoms with Crippen molar-refractivity contribution >= 4 is 5.91 Å². The molecule has 1 heterocycles. The molecule has 0 saturated carbocycles. The van der Waals surface area contributed by atoms with E-state index in [-0.39, 0.29) is 11.9 Å². The highest BCUT2D eigenvalue weighted by Gasteiger charge is 2.24. The fourth-order valence-corrected chi connectivity index (χ4v) is 3.08. The van der Waals surface area contributed by atoms with Gasteiger partial charge in [-0.25, -0.2) is 0 Å². The van der Waals surface area contributed by atoms with Crippen molar-refractivity contribution < 1.29 is 9.53 Å². The zero-order valence-corrected chi connectivity index (χ0v) is 15.1. The molecule has 1 aliphatic rings. The van der Waals surface area contributed by atoms with Gasteiger partial charge in [0.2, 0.25) is 5.91 Å². The lowest BCUT2D eigenvalue weighted by Gasteiger charge is -2.35. The molecule has 5 heteroatoms. The molecule has 3 N–H and O–H groups in total. The van der Waals surface area contributed by atoms with Crippen LogP contribution in [0.4, 0.5) is 0 Å². The Kier molecular flexibility index (Phi) is 7.21. The lowest BCUT2D eigenvalue weighted by atomic mass is 10.0. The molecule has 1 unspecified atom stereocenters. The van der Waals surface area contributed by atoms with Gasteiger partial charge in [-0.05, 0) is 24.8 Å². The number of carbonyl (C=O) groups excluding carboxylic acids is 1. The normalized spacial score (nSPS) is 18.4. The Balaban J connectivity index is 2.02. The highest BCUT2D eigenvalue weighted by atomic mass is 16.5. The molecular formula is C19H31N3O2.